The van der Waals surface area contributed by atoms with E-state index in [0.717, 1.165) is 33.2 Å². The Morgan fingerprint density at radius 2 is 1.32 bits per heavy atom. The Morgan fingerprint density at radius 3 is 2.21 bits per heavy atom. The van der Waals surface area contributed by atoms with Gasteiger partial charge >= 0.3 is 0 Å². The van der Waals surface area contributed by atoms with Crippen LogP contribution in [0.15, 0.2) is 114 Å². The molecule has 3 heteroatoms. The third-order valence-electron chi connectivity index (χ3n) is 6.82. The molecule has 2 aromatic heterocycles. The van der Waals surface area contributed by atoms with Crippen molar-refractivity contribution < 1.29 is 4.42 Å². The quantitative estimate of drug-likeness (QED) is 0.306. The molecule has 5 aromatic carbocycles. The van der Waals surface area contributed by atoms with Crippen molar-refractivity contribution in [2.75, 3.05) is 0 Å². The highest BCUT2D eigenvalue weighted by Gasteiger charge is 2.14. The molecule has 0 saturated heterocycles. The fourth-order valence-electron chi connectivity index (χ4n) is 5.20. The van der Waals surface area contributed by atoms with Crippen LogP contribution in [0.5, 0.6) is 0 Å². The van der Waals surface area contributed by atoms with Gasteiger partial charge in [-0.15, -0.1) is 0 Å². The van der Waals surface area contributed by atoms with Crippen molar-refractivity contribution in [2.45, 2.75) is 6.54 Å². The zero-order valence-corrected chi connectivity index (χ0v) is 18.5. The predicted molar refractivity (Wildman–Crippen MR) is 141 cm³/mol. The third kappa shape index (κ3) is 2.74. The minimum atomic E-state index is 0.463. The van der Waals surface area contributed by atoms with E-state index in [4.69, 9.17) is 10.2 Å². The first-order chi connectivity index (χ1) is 16.8. The highest BCUT2D eigenvalue weighted by Crippen LogP contribution is 2.37. The van der Waals surface area contributed by atoms with Gasteiger partial charge in [0.1, 0.15) is 11.2 Å². The lowest BCUT2D eigenvalue weighted by Crippen LogP contribution is -1.95. The van der Waals surface area contributed by atoms with Crippen LogP contribution in [0.25, 0.3) is 60.6 Å². The van der Waals surface area contributed by atoms with E-state index in [1.807, 2.05) is 6.07 Å². The summed E-state index contributed by atoms with van der Waals surface area (Å²) in [4.78, 5) is 0. The molecule has 0 bridgehead atoms. The lowest BCUT2D eigenvalue weighted by atomic mass is 10.0. The molecule has 3 nitrogen and oxygen atoms in total. The van der Waals surface area contributed by atoms with Crippen LogP contribution in [0.2, 0.25) is 0 Å². The molecule has 7 rings (SSSR count). The van der Waals surface area contributed by atoms with Gasteiger partial charge in [0.15, 0.2) is 0 Å². The van der Waals surface area contributed by atoms with Crippen molar-refractivity contribution in [2.24, 2.45) is 5.73 Å². The molecule has 0 aliphatic carbocycles. The van der Waals surface area contributed by atoms with E-state index in [-0.39, 0.29) is 0 Å². The largest absolute Gasteiger partial charge is 0.456 e. The summed E-state index contributed by atoms with van der Waals surface area (Å²) in [5, 5.41) is 4.75. The van der Waals surface area contributed by atoms with Gasteiger partial charge in [-0.05, 0) is 47.5 Å². The van der Waals surface area contributed by atoms with Gasteiger partial charge in [0.2, 0.25) is 0 Å². The average Bonchev–Trinajstić information content (AvgIpc) is 3.44. The van der Waals surface area contributed by atoms with Gasteiger partial charge in [0.05, 0.1) is 11.0 Å². The number of aromatic nitrogens is 1. The van der Waals surface area contributed by atoms with Gasteiger partial charge in [-0.3, -0.25) is 0 Å². The monoisotopic (exact) mass is 438 g/mol. The number of furan rings is 1. The summed E-state index contributed by atoms with van der Waals surface area (Å²) in [5.74, 6) is 0. The second kappa shape index (κ2) is 7.34. The zero-order chi connectivity index (χ0) is 22.6. The molecule has 0 aliphatic rings. The Bertz CT molecular complexity index is 1840. The van der Waals surface area contributed by atoms with Gasteiger partial charge in [0, 0.05) is 39.3 Å². The van der Waals surface area contributed by atoms with Crippen molar-refractivity contribution in [3.8, 4) is 16.8 Å². The lowest BCUT2D eigenvalue weighted by molar-refractivity contribution is 0.663. The molecular weight excluding hydrogens is 416 g/mol. The van der Waals surface area contributed by atoms with Crippen LogP contribution in [-0.4, -0.2) is 4.57 Å². The summed E-state index contributed by atoms with van der Waals surface area (Å²) in [6.07, 6.45) is 0. The summed E-state index contributed by atoms with van der Waals surface area (Å²) in [5.41, 5.74) is 14.7. The van der Waals surface area contributed by atoms with Crippen molar-refractivity contribution in [3.63, 3.8) is 0 Å². The first kappa shape index (κ1) is 19.2. The van der Waals surface area contributed by atoms with E-state index in [1.165, 1.54) is 32.9 Å². The van der Waals surface area contributed by atoms with Crippen LogP contribution < -0.4 is 5.73 Å². The Morgan fingerprint density at radius 1 is 0.588 bits per heavy atom. The molecule has 0 amide bonds. The normalized spacial score (nSPS) is 11.8. The second-order valence-electron chi connectivity index (χ2n) is 8.73. The minimum Gasteiger partial charge on any atom is -0.456 e. The Balaban J connectivity index is 1.49. The maximum atomic E-state index is 6.17. The number of hydrogen-bond donors (Lipinski definition) is 1. The average molecular weight is 439 g/mol. The number of hydrogen-bond acceptors (Lipinski definition) is 2. The summed E-state index contributed by atoms with van der Waals surface area (Å²) >= 11 is 0. The van der Waals surface area contributed by atoms with Gasteiger partial charge in [-0.1, -0.05) is 72.8 Å². The predicted octanol–water partition coefficient (Wildman–Crippen LogP) is 7.81. The third-order valence-corrected chi connectivity index (χ3v) is 6.82. The smallest absolute Gasteiger partial charge is 0.139 e. The van der Waals surface area contributed by atoms with E-state index in [0.29, 0.717) is 6.54 Å². The number of nitrogens with zero attached hydrogens (tertiary/aromatic N) is 1. The van der Waals surface area contributed by atoms with E-state index < -0.39 is 0 Å². The maximum Gasteiger partial charge on any atom is 0.139 e. The van der Waals surface area contributed by atoms with E-state index in [9.17, 15) is 0 Å². The van der Waals surface area contributed by atoms with Crippen LogP contribution in [0, 0.1) is 0 Å². The molecule has 2 heterocycles. The Hall–Kier alpha value is -4.34. The van der Waals surface area contributed by atoms with Crippen LogP contribution in [0.3, 0.4) is 0 Å². The molecule has 0 aliphatic heterocycles. The topological polar surface area (TPSA) is 44.1 Å². The number of nitrogens with two attached hydrogens (primary N) is 1. The van der Waals surface area contributed by atoms with Crippen molar-refractivity contribution >= 4 is 43.7 Å². The van der Waals surface area contributed by atoms with Crippen molar-refractivity contribution in [1.82, 2.24) is 4.57 Å². The summed E-state index contributed by atoms with van der Waals surface area (Å²) in [7, 11) is 0. The van der Waals surface area contributed by atoms with Crippen LogP contribution in [0.1, 0.15) is 5.56 Å². The zero-order valence-electron chi connectivity index (χ0n) is 18.5. The number of para-hydroxylation sites is 3. The molecular formula is C31H22N2O. The highest BCUT2D eigenvalue weighted by molar-refractivity contribution is 6.11. The first-order valence-electron chi connectivity index (χ1n) is 11.5. The maximum absolute atomic E-state index is 6.17. The van der Waals surface area contributed by atoms with Gasteiger partial charge in [0.25, 0.3) is 0 Å². The number of rotatable bonds is 3. The van der Waals surface area contributed by atoms with Crippen LogP contribution in [-0.2, 0) is 6.54 Å². The van der Waals surface area contributed by atoms with Gasteiger partial charge < -0.3 is 14.7 Å². The number of benzene rings is 5. The van der Waals surface area contributed by atoms with E-state index >= 15 is 0 Å². The molecule has 0 unspecified atom stereocenters. The molecule has 7 aromatic rings. The highest BCUT2D eigenvalue weighted by atomic mass is 16.3. The Labute approximate surface area is 196 Å². The van der Waals surface area contributed by atoms with Crippen molar-refractivity contribution in [1.29, 1.82) is 0 Å². The van der Waals surface area contributed by atoms with Crippen LogP contribution >= 0.6 is 0 Å². The van der Waals surface area contributed by atoms with Crippen molar-refractivity contribution in [3.05, 3.63) is 115 Å². The molecule has 0 radical (unpaired) electrons. The summed E-state index contributed by atoms with van der Waals surface area (Å²) in [6.45, 7) is 0.463. The fraction of sp³-hybridized carbons (Fsp3) is 0.0323. The fourth-order valence-corrected chi connectivity index (χ4v) is 5.20. The standard InChI is InChI=1S/C31H22N2O/c32-19-22-7-6-11-26-27-17-20(14-16-30(27)34-31(22)26)21-13-15-25-24-10-4-5-12-28(24)33(29(25)18-21)23-8-2-1-3-9-23/h1-18H,19,32H2. The molecule has 0 saturated carbocycles. The van der Waals surface area contributed by atoms with Crippen LogP contribution in [0.4, 0.5) is 0 Å². The second-order valence-corrected chi connectivity index (χ2v) is 8.73. The molecule has 0 atom stereocenters. The molecule has 0 spiro atoms. The van der Waals surface area contributed by atoms with E-state index in [2.05, 4.69) is 108 Å². The molecule has 2 N–H and O–H groups in total. The SMILES string of the molecule is NCc1cccc2c1oc1ccc(-c3ccc4c5ccccc5n(-c5ccccc5)c4c3)cc12. The molecule has 162 valence electrons. The molecule has 0 fully saturated rings. The van der Waals surface area contributed by atoms with E-state index in [1.54, 1.807) is 0 Å². The lowest BCUT2D eigenvalue weighted by Gasteiger charge is -2.09. The molecule has 34 heavy (non-hydrogen) atoms. The Kier molecular flexibility index (Phi) is 4.14. The number of fused-ring (bicyclic) bond motifs is 6. The summed E-state index contributed by atoms with van der Waals surface area (Å²) in [6, 6.07) is 38.6. The van der Waals surface area contributed by atoms with Gasteiger partial charge in [-0.2, -0.15) is 0 Å². The van der Waals surface area contributed by atoms with Gasteiger partial charge in [-0.25, -0.2) is 0 Å². The minimum absolute atomic E-state index is 0.463. The first-order valence-corrected chi connectivity index (χ1v) is 11.5. The summed E-state index contributed by atoms with van der Waals surface area (Å²) < 4.78 is 8.52.